The topological polar surface area (TPSA) is 58.2 Å². The van der Waals surface area contributed by atoms with Crippen LogP contribution in [0.25, 0.3) is 0 Å². The van der Waals surface area contributed by atoms with Crippen molar-refractivity contribution >= 4 is 21.4 Å². The monoisotopic (exact) mass is 288 g/mol. The van der Waals surface area contributed by atoms with Crippen LogP contribution in [-0.2, 0) is 16.4 Å². The van der Waals surface area contributed by atoms with Crippen molar-refractivity contribution in [3.63, 3.8) is 0 Å². The van der Waals surface area contributed by atoms with Gasteiger partial charge in [0.1, 0.15) is 0 Å². The maximum atomic E-state index is 12.4. The highest BCUT2D eigenvalue weighted by atomic mass is 32.2. The quantitative estimate of drug-likeness (QED) is 0.913. The molecular formula is C15H16N2O2S. The van der Waals surface area contributed by atoms with Gasteiger partial charge in [-0.05, 0) is 49.2 Å². The zero-order valence-electron chi connectivity index (χ0n) is 11.1. The van der Waals surface area contributed by atoms with E-state index in [4.69, 9.17) is 0 Å². The third kappa shape index (κ3) is 2.49. The van der Waals surface area contributed by atoms with Gasteiger partial charge in [0.2, 0.25) is 0 Å². The van der Waals surface area contributed by atoms with Gasteiger partial charge in [0, 0.05) is 17.4 Å². The third-order valence-electron chi connectivity index (χ3n) is 3.34. The summed E-state index contributed by atoms with van der Waals surface area (Å²) in [6.07, 6.45) is 0.851. The maximum Gasteiger partial charge on any atom is 0.261 e. The van der Waals surface area contributed by atoms with Crippen molar-refractivity contribution in [3.8, 4) is 0 Å². The van der Waals surface area contributed by atoms with E-state index in [1.807, 2.05) is 12.1 Å². The smallest absolute Gasteiger partial charge is 0.261 e. The lowest BCUT2D eigenvalue weighted by Crippen LogP contribution is -2.13. The van der Waals surface area contributed by atoms with Crippen LogP contribution < -0.4 is 10.0 Å². The Morgan fingerprint density at radius 3 is 2.65 bits per heavy atom. The van der Waals surface area contributed by atoms with Crippen LogP contribution in [-0.4, -0.2) is 14.5 Å². The van der Waals surface area contributed by atoms with E-state index in [1.165, 1.54) is 0 Å². The van der Waals surface area contributed by atoms with Crippen molar-refractivity contribution < 1.29 is 8.42 Å². The van der Waals surface area contributed by atoms with Gasteiger partial charge in [-0.1, -0.05) is 18.2 Å². The van der Waals surface area contributed by atoms with Crippen LogP contribution in [0, 0.1) is 0 Å². The van der Waals surface area contributed by atoms with Crippen molar-refractivity contribution in [2.75, 3.05) is 10.0 Å². The van der Waals surface area contributed by atoms with E-state index in [1.54, 1.807) is 36.4 Å². The van der Waals surface area contributed by atoms with Gasteiger partial charge in [0.15, 0.2) is 0 Å². The summed E-state index contributed by atoms with van der Waals surface area (Å²) >= 11 is 0. The Balaban J connectivity index is 1.91. The minimum atomic E-state index is -3.53. The first-order valence-electron chi connectivity index (χ1n) is 6.52. The molecule has 3 rings (SSSR count). The van der Waals surface area contributed by atoms with Crippen LogP contribution in [0.3, 0.4) is 0 Å². The molecule has 1 heterocycles. The first kappa shape index (κ1) is 13.0. The molecule has 1 atom stereocenters. The molecule has 0 bridgehead atoms. The summed E-state index contributed by atoms with van der Waals surface area (Å²) in [7, 11) is -3.53. The second kappa shape index (κ2) is 4.83. The molecule has 0 saturated carbocycles. The number of rotatable bonds is 3. The van der Waals surface area contributed by atoms with Crippen molar-refractivity contribution in [3.05, 3.63) is 54.1 Å². The Labute approximate surface area is 118 Å². The van der Waals surface area contributed by atoms with Crippen LogP contribution in [0.2, 0.25) is 0 Å². The van der Waals surface area contributed by atoms with Gasteiger partial charge in [-0.3, -0.25) is 4.72 Å². The lowest BCUT2D eigenvalue weighted by Gasteiger charge is -2.09. The molecule has 0 fully saturated rings. The molecule has 1 aliphatic rings. The number of anilines is 2. The van der Waals surface area contributed by atoms with Crippen LogP contribution in [0.4, 0.5) is 11.4 Å². The van der Waals surface area contributed by atoms with E-state index in [9.17, 15) is 8.42 Å². The van der Waals surface area contributed by atoms with E-state index < -0.39 is 10.0 Å². The molecule has 0 aromatic heterocycles. The fourth-order valence-electron chi connectivity index (χ4n) is 2.41. The summed E-state index contributed by atoms with van der Waals surface area (Å²) in [5, 5.41) is 3.31. The third-order valence-corrected chi connectivity index (χ3v) is 4.72. The molecule has 104 valence electrons. The molecule has 0 spiro atoms. The average Bonchev–Trinajstić information content (AvgIpc) is 2.78. The number of hydrogen-bond acceptors (Lipinski definition) is 3. The zero-order chi connectivity index (χ0) is 14.2. The SMILES string of the molecule is C[C@@H]1Cc2cc(S(=O)(=O)Nc3ccccc3)ccc2N1. The molecule has 0 amide bonds. The number of fused-ring (bicyclic) bond motifs is 1. The van der Waals surface area contributed by atoms with Crippen LogP contribution in [0.15, 0.2) is 53.4 Å². The van der Waals surface area contributed by atoms with Crippen LogP contribution >= 0.6 is 0 Å². The molecule has 2 aromatic carbocycles. The average molecular weight is 288 g/mol. The summed E-state index contributed by atoms with van der Waals surface area (Å²) in [6.45, 7) is 2.08. The Kier molecular flexibility index (Phi) is 3.14. The molecule has 0 saturated heterocycles. The molecule has 20 heavy (non-hydrogen) atoms. The van der Waals surface area contributed by atoms with Crippen molar-refractivity contribution in [1.29, 1.82) is 0 Å². The predicted octanol–water partition coefficient (Wildman–Crippen LogP) is 2.84. The van der Waals surface area contributed by atoms with Gasteiger partial charge in [0.05, 0.1) is 4.90 Å². The fourth-order valence-corrected chi connectivity index (χ4v) is 3.52. The van der Waals surface area contributed by atoms with E-state index in [-0.39, 0.29) is 0 Å². The first-order valence-corrected chi connectivity index (χ1v) is 8.00. The Bertz CT molecular complexity index is 727. The van der Waals surface area contributed by atoms with E-state index in [0.29, 0.717) is 16.6 Å². The second-order valence-electron chi connectivity index (χ2n) is 5.04. The Morgan fingerprint density at radius 1 is 1.15 bits per heavy atom. The lowest BCUT2D eigenvalue weighted by atomic mass is 10.1. The molecular weight excluding hydrogens is 272 g/mol. The predicted molar refractivity (Wildman–Crippen MR) is 80.5 cm³/mol. The number of hydrogen-bond donors (Lipinski definition) is 2. The van der Waals surface area contributed by atoms with E-state index >= 15 is 0 Å². The van der Waals surface area contributed by atoms with Gasteiger partial charge in [0.25, 0.3) is 10.0 Å². The molecule has 2 aromatic rings. The van der Waals surface area contributed by atoms with E-state index in [2.05, 4.69) is 17.0 Å². The minimum absolute atomic E-state index is 0.302. The summed E-state index contributed by atoms with van der Waals surface area (Å²) in [6, 6.07) is 14.5. The van der Waals surface area contributed by atoms with Gasteiger partial charge in [-0.2, -0.15) is 0 Å². The fraction of sp³-hybridized carbons (Fsp3) is 0.200. The van der Waals surface area contributed by atoms with Crippen molar-refractivity contribution in [2.45, 2.75) is 24.3 Å². The molecule has 0 unspecified atom stereocenters. The Morgan fingerprint density at radius 2 is 1.90 bits per heavy atom. The molecule has 0 radical (unpaired) electrons. The highest BCUT2D eigenvalue weighted by molar-refractivity contribution is 7.92. The maximum absolute atomic E-state index is 12.4. The normalized spacial score (nSPS) is 17.4. The number of para-hydroxylation sites is 1. The minimum Gasteiger partial charge on any atom is -0.382 e. The van der Waals surface area contributed by atoms with Gasteiger partial charge in [-0.15, -0.1) is 0 Å². The first-order chi connectivity index (χ1) is 9.54. The number of benzene rings is 2. The summed E-state index contributed by atoms with van der Waals surface area (Å²) in [4.78, 5) is 0.302. The standard InChI is InChI=1S/C15H16N2O2S/c1-11-9-12-10-14(7-8-15(12)16-11)20(18,19)17-13-5-3-2-4-6-13/h2-8,10-11,16-17H,9H2,1H3/t11-/m1/s1. The van der Waals surface area contributed by atoms with Gasteiger partial charge >= 0.3 is 0 Å². The number of nitrogens with one attached hydrogen (secondary N) is 2. The molecule has 4 nitrogen and oxygen atoms in total. The van der Waals surface area contributed by atoms with Crippen LogP contribution in [0.5, 0.6) is 0 Å². The lowest BCUT2D eigenvalue weighted by molar-refractivity contribution is 0.601. The molecule has 2 N–H and O–H groups in total. The molecule has 1 aliphatic heterocycles. The van der Waals surface area contributed by atoms with Crippen molar-refractivity contribution in [1.82, 2.24) is 0 Å². The highest BCUT2D eigenvalue weighted by Crippen LogP contribution is 2.28. The zero-order valence-corrected chi connectivity index (χ0v) is 11.9. The summed E-state index contributed by atoms with van der Waals surface area (Å²) in [5.74, 6) is 0. The van der Waals surface area contributed by atoms with Crippen molar-refractivity contribution in [2.24, 2.45) is 0 Å². The van der Waals surface area contributed by atoms with E-state index in [0.717, 1.165) is 17.7 Å². The van der Waals surface area contributed by atoms with Gasteiger partial charge in [-0.25, -0.2) is 8.42 Å². The largest absolute Gasteiger partial charge is 0.382 e. The number of sulfonamides is 1. The Hall–Kier alpha value is -2.01. The summed E-state index contributed by atoms with van der Waals surface area (Å²) < 4.78 is 27.3. The molecule has 0 aliphatic carbocycles. The summed E-state index contributed by atoms with van der Waals surface area (Å²) in [5.41, 5.74) is 2.64. The molecule has 5 heteroatoms. The van der Waals surface area contributed by atoms with Gasteiger partial charge < -0.3 is 5.32 Å². The highest BCUT2D eigenvalue weighted by Gasteiger charge is 2.21. The van der Waals surface area contributed by atoms with Crippen LogP contribution in [0.1, 0.15) is 12.5 Å². The second-order valence-corrected chi connectivity index (χ2v) is 6.72.